The highest BCUT2D eigenvalue weighted by Crippen LogP contribution is 2.11. The van der Waals surface area contributed by atoms with Crippen LogP contribution in [-0.2, 0) is 0 Å². The first-order valence-electron chi connectivity index (χ1n) is 5.01. The van der Waals surface area contributed by atoms with Gasteiger partial charge in [-0.2, -0.15) is 0 Å². The molecule has 1 amide bonds. The Morgan fingerprint density at radius 1 is 1.29 bits per heavy atom. The molecule has 0 aliphatic rings. The molecule has 0 radical (unpaired) electrons. The van der Waals surface area contributed by atoms with Crippen molar-refractivity contribution in [2.75, 3.05) is 5.32 Å². The molecule has 0 fully saturated rings. The first-order chi connectivity index (χ1) is 8.15. The fraction of sp³-hybridized carbons (Fsp3) is 0.0833. The van der Waals surface area contributed by atoms with E-state index in [0.29, 0.717) is 0 Å². The molecular formula is C12H10ClN3O. The van der Waals surface area contributed by atoms with Gasteiger partial charge in [0.2, 0.25) is 0 Å². The Bertz CT molecular complexity index is 540. The molecule has 0 spiro atoms. The molecule has 1 aromatic heterocycles. The number of aryl methyl sites for hydroxylation is 1. The standard InChI is InChI=1S/C12H10ClN3O/c1-8-3-2-4-9(5-8)16-12(17)10-6-15-11(13)7-14-10/h2-7H,1H3,(H,16,17). The number of benzene rings is 1. The van der Waals surface area contributed by atoms with Crippen LogP contribution < -0.4 is 5.32 Å². The normalized spacial score (nSPS) is 10.0. The summed E-state index contributed by atoms with van der Waals surface area (Å²) in [4.78, 5) is 19.5. The van der Waals surface area contributed by atoms with Gasteiger partial charge in [-0.15, -0.1) is 0 Å². The van der Waals surface area contributed by atoms with Gasteiger partial charge >= 0.3 is 0 Å². The number of nitrogens with one attached hydrogen (secondary N) is 1. The van der Waals surface area contributed by atoms with E-state index in [0.717, 1.165) is 11.3 Å². The van der Waals surface area contributed by atoms with Crippen LogP contribution >= 0.6 is 11.6 Å². The number of halogens is 1. The minimum absolute atomic E-state index is 0.232. The molecule has 0 saturated carbocycles. The van der Waals surface area contributed by atoms with E-state index in [9.17, 15) is 4.79 Å². The smallest absolute Gasteiger partial charge is 0.275 e. The molecule has 86 valence electrons. The lowest BCUT2D eigenvalue weighted by Gasteiger charge is -2.04. The van der Waals surface area contributed by atoms with E-state index in [1.165, 1.54) is 12.4 Å². The summed E-state index contributed by atoms with van der Waals surface area (Å²) in [5.41, 5.74) is 2.03. The highest BCUT2D eigenvalue weighted by atomic mass is 35.5. The van der Waals surface area contributed by atoms with E-state index in [2.05, 4.69) is 15.3 Å². The van der Waals surface area contributed by atoms with Crippen LogP contribution in [0.1, 0.15) is 16.1 Å². The Morgan fingerprint density at radius 2 is 2.12 bits per heavy atom. The highest BCUT2D eigenvalue weighted by molar-refractivity contribution is 6.29. The first kappa shape index (κ1) is 11.5. The van der Waals surface area contributed by atoms with Crippen LogP contribution in [0, 0.1) is 6.92 Å². The van der Waals surface area contributed by atoms with Crippen LogP contribution in [0.5, 0.6) is 0 Å². The molecule has 0 aliphatic heterocycles. The molecule has 0 bridgehead atoms. The lowest BCUT2D eigenvalue weighted by Crippen LogP contribution is -2.13. The van der Waals surface area contributed by atoms with Crippen LogP contribution in [0.15, 0.2) is 36.7 Å². The second kappa shape index (κ2) is 4.93. The summed E-state index contributed by atoms with van der Waals surface area (Å²) >= 11 is 5.59. The number of hydrogen-bond donors (Lipinski definition) is 1. The van der Waals surface area contributed by atoms with Crippen LogP contribution in [0.3, 0.4) is 0 Å². The van der Waals surface area contributed by atoms with Crippen LogP contribution in [0.2, 0.25) is 5.15 Å². The monoisotopic (exact) mass is 247 g/mol. The van der Waals surface area contributed by atoms with Gasteiger partial charge in [-0.05, 0) is 24.6 Å². The van der Waals surface area contributed by atoms with Gasteiger partial charge in [0, 0.05) is 5.69 Å². The average molecular weight is 248 g/mol. The number of aromatic nitrogens is 2. The van der Waals surface area contributed by atoms with Crippen molar-refractivity contribution < 1.29 is 4.79 Å². The number of carbonyl (C=O) groups excluding carboxylic acids is 1. The van der Waals surface area contributed by atoms with E-state index in [-0.39, 0.29) is 16.8 Å². The van der Waals surface area contributed by atoms with Crippen molar-refractivity contribution in [2.45, 2.75) is 6.92 Å². The molecule has 0 atom stereocenters. The van der Waals surface area contributed by atoms with Gasteiger partial charge in [0.1, 0.15) is 10.8 Å². The fourth-order valence-corrected chi connectivity index (χ4v) is 1.45. The predicted octanol–water partition coefficient (Wildman–Crippen LogP) is 2.69. The predicted molar refractivity (Wildman–Crippen MR) is 66.2 cm³/mol. The molecule has 5 heteroatoms. The zero-order chi connectivity index (χ0) is 12.3. The Morgan fingerprint density at radius 3 is 2.76 bits per heavy atom. The number of hydrogen-bond acceptors (Lipinski definition) is 3. The van der Waals surface area contributed by atoms with Crippen molar-refractivity contribution in [3.8, 4) is 0 Å². The molecule has 0 aliphatic carbocycles. The summed E-state index contributed by atoms with van der Waals surface area (Å²) in [6.07, 6.45) is 2.68. The number of anilines is 1. The highest BCUT2D eigenvalue weighted by Gasteiger charge is 2.07. The van der Waals surface area contributed by atoms with E-state index in [4.69, 9.17) is 11.6 Å². The Balaban J connectivity index is 2.14. The molecule has 2 aromatic rings. The lowest BCUT2D eigenvalue weighted by atomic mass is 10.2. The topological polar surface area (TPSA) is 54.9 Å². The Hall–Kier alpha value is -1.94. The zero-order valence-corrected chi connectivity index (χ0v) is 9.90. The summed E-state index contributed by atoms with van der Waals surface area (Å²) in [6, 6.07) is 7.52. The van der Waals surface area contributed by atoms with Crippen LogP contribution in [-0.4, -0.2) is 15.9 Å². The second-order valence-electron chi connectivity index (χ2n) is 3.55. The fourth-order valence-electron chi connectivity index (χ4n) is 1.35. The molecule has 2 rings (SSSR count). The summed E-state index contributed by atoms with van der Waals surface area (Å²) < 4.78 is 0. The third-order valence-electron chi connectivity index (χ3n) is 2.13. The minimum Gasteiger partial charge on any atom is -0.321 e. The van der Waals surface area contributed by atoms with Gasteiger partial charge in [0.05, 0.1) is 12.4 Å². The van der Waals surface area contributed by atoms with Crippen LogP contribution in [0.4, 0.5) is 5.69 Å². The Kier molecular flexibility index (Phi) is 3.35. The van der Waals surface area contributed by atoms with Gasteiger partial charge < -0.3 is 5.32 Å². The minimum atomic E-state index is -0.306. The van der Waals surface area contributed by atoms with Crippen LogP contribution in [0.25, 0.3) is 0 Å². The van der Waals surface area contributed by atoms with E-state index in [1.54, 1.807) is 0 Å². The van der Waals surface area contributed by atoms with Gasteiger partial charge in [-0.1, -0.05) is 23.7 Å². The summed E-state index contributed by atoms with van der Waals surface area (Å²) in [7, 11) is 0. The quantitative estimate of drug-likeness (QED) is 0.888. The van der Waals surface area contributed by atoms with Gasteiger partial charge in [0.15, 0.2) is 0 Å². The molecule has 0 unspecified atom stereocenters. The maximum absolute atomic E-state index is 11.8. The number of rotatable bonds is 2. The first-order valence-corrected chi connectivity index (χ1v) is 5.38. The Labute approximate surface area is 104 Å². The third-order valence-corrected chi connectivity index (χ3v) is 2.32. The van der Waals surface area contributed by atoms with E-state index >= 15 is 0 Å². The van der Waals surface area contributed by atoms with E-state index < -0.39 is 0 Å². The summed E-state index contributed by atoms with van der Waals surface area (Å²) in [6.45, 7) is 1.96. The van der Waals surface area contributed by atoms with Gasteiger partial charge in [-0.3, -0.25) is 4.79 Å². The van der Waals surface area contributed by atoms with Gasteiger partial charge in [-0.25, -0.2) is 9.97 Å². The van der Waals surface area contributed by atoms with Crippen molar-refractivity contribution >= 4 is 23.2 Å². The molecule has 1 aromatic carbocycles. The van der Waals surface area contributed by atoms with Crippen molar-refractivity contribution in [1.29, 1.82) is 0 Å². The number of nitrogens with zero attached hydrogens (tertiary/aromatic N) is 2. The lowest BCUT2D eigenvalue weighted by molar-refractivity contribution is 0.102. The van der Waals surface area contributed by atoms with E-state index in [1.807, 2.05) is 31.2 Å². The molecule has 4 nitrogen and oxygen atoms in total. The average Bonchev–Trinajstić information content (AvgIpc) is 2.29. The second-order valence-corrected chi connectivity index (χ2v) is 3.94. The number of amides is 1. The van der Waals surface area contributed by atoms with Crippen molar-refractivity contribution in [1.82, 2.24) is 9.97 Å². The maximum Gasteiger partial charge on any atom is 0.275 e. The maximum atomic E-state index is 11.8. The molecule has 1 heterocycles. The zero-order valence-electron chi connectivity index (χ0n) is 9.14. The SMILES string of the molecule is Cc1cccc(NC(=O)c2cnc(Cl)cn2)c1. The van der Waals surface area contributed by atoms with Gasteiger partial charge in [0.25, 0.3) is 5.91 Å². The third kappa shape index (κ3) is 3.01. The molecule has 0 saturated heterocycles. The molecule has 17 heavy (non-hydrogen) atoms. The molecule has 1 N–H and O–H groups in total. The number of carbonyl (C=O) groups is 1. The van der Waals surface area contributed by atoms with Crippen molar-refractivity contribution in [3.05, 3.63) is 53.1 Å². The summed E-state index contributed by atoms with van der Waals surface area (Å²) in [5.74, 6) is -0.306. The largest absolute Gasteiger partial charge is 0.321 e. The molecular weight excluding hydrogens is 238 g/mol. The van der Waals surface area contributed by atoms with Crippen molar-refractivity contribution in [2.24, 2.45) is 0 Å². The summed E-state index contributed by atoms with van der Waals surface area (Å²) in [5, 5.41) is 3.00. The van der Waals surface area contributed by atoms with Crippen molar-refractivity contribution in [3.63, 3.8) is 0 Å².